The largest absolute Gasteiger partial charge is 0.463 e. The molecule has 0 fully saturated rings. The molecule has 0 aliphatic carbocycles. The predicted molar refractivity (Wildman–Crippen MR) is 115 cm³/mol. The predicted octanol–water partition coefficient (Wildman–Crippen LogP) is 4.15. The molecule has 0 aromatic carbocycles. The molecule has 0 saturated heterocycles. The van der Waals surface area contributed by atoms with E-state index in [0.717, 1.165) is 12.8 Å². The summed E-state index contributed by atoms with van der Waals surface area (Å²) in [5.74, 6) is 2.26. The van der Waals surface area contributed by atoms with Crippen LogP contribution in [0.4, 0.5) is 0 Å². The van der Waals surface area contributed by atoms with Gasteiger partial charge in [-0.25, -0.2) is 0 Å². The van der Waals surface area contributed by atoms with Crippen molar-refractivity contribution in [2.24, 2.45) is 0 Å². The summed E-state index contributed by atoms with van der Waals surface area (Å²) in [4.78, 5) is 11.6. The first kappa shape index (κ1) is 27.9. The summed E-state index contributed by atoms with van der Waals surface area (Å²) < 4.78 is 26.3. The van der Waals surface area contributed by atoms with Crippen LogP contribution in [0.15, 0.2) is 0 Å². The van der Waals surface area contributed by atoms with Crippen molar-refractivity contribution < 1.29 is 28.5 Å². The lowest BCUT2D eigenvalue weighted by Gasteiger charge is -2.08. The third-order valence-electron chi connectivity index (χ3n) is 4.28. The van der Waals surface area contributed by atoms with E-state index in [9.17, 15) is 4.79 Å². The maximum absolute atomic E-state index is 11.6. The number of carbonyl (C=O) groups excluding carboxylic acids is 1. The fourth-order valence-corrected chi connectivity index (χ4v) is 2.66. The molecule has 0 amide bonds. The number of carbonyl (C=O) groups is 1. The van der Waals surface area contributed by atoms with Gasteiger partial charge in [-0.2, -0.15) is 0 Å². The van der Waals surface area contributed by atoms with E-state index in [-0.39, 0.29) is 5.97 Å². The maximum atomic E-state index is 11.6. The molecule has 0 atom stereocenters. The molecule has 0 spiro atoms. The monoisotopic (exact) mass is 414 g/mol. The fraction of sp³-hybridized carbons (Fsp3) is 0.870. The van der Waals surface area contributed by atoms with Crippen LogP contribution in [0.3, 0.4) is 0 Å². The van der Waals surface area contributed by atoms with E-state index in [1.165, 1.54) is 44.9 Å². The molecular weight excluding hydrogens is 372 g/mol. The zero-order valence-corrected chi connectivity index (χ0v) is 18.5. The Balaban J connectivity index is 3.14. The summed E-state index contributed by atoms with van der Waals surface area (Å²) in [5, 5.41) is 0. The van der Waals surface area contributed by atoms with Gasteiger partial charge in [0.05, 0.1) is 46.2 Å². The molecular formula is C23H42O6. The summed E-state index contributed by atoms with van der Waals surface area (Å²) in [6.07, 6.45) is 16.8. The highest BCUT2D eigenvalue weighted by molar-refractivity contribution is 5.69. The Morgan fingerprint density at radius 2 is 1.10 bits per heavy atom. The van der Waals surface area contributed by atoms with E-state index in [1.54, 1.807) is 0 Å². The normalized spacial score (nSPS) is 10.8. The summed E-state index contributed by atoms with van der Waals surface area (Å²) in [6, 6.07) is 0. The van der Waals surface area contributed by atoms with Gasteiger partial charge < -0.3 is 23.7 Å². The zero-order valence-electron chi connectivity index (χ0n) is 18.5. The van der Waals surface area contributed by atoms with Gasteiger partial charge >= 0.3 is 5.97 Å². The zero-order chi connectivity index (χ0) is 21.3. The van der Waals surface area contributed by atoms with Crippen LogP contribution in [0.25, 0.3) is 0 Å². The molecule has 0 aromatic rings. The number of hydrogen-bond acceptors (Lipinski definition) is 6. The van der Waals surface area contributed by atoms with E-state index in [2.05, 4.69) is 12.8 Å². The van der Waals surface area contributed by atoms with Crippen molar-refractivity contribution >= 4 is 5.97 Å². The van der Waals surface area contributed by atoms with Crippen molar-refractivity contribution in [2.45, 2.75) is 71.1 Å². The van der Waals surface area contributed by atoms with Crippen LogP contribution in [-0.2, 0) is 28.5 Å². The third kappa shape index (κ3) is 24.8. The molecule has 0 unspecified atom stereocenters. The number of rotatable bonds is 23. The average Bonchev–Trinajstić information content (AvgIpc) is 2.72. The number of hydrogen-bond donors (Lipinski definition) is 0. The fourth-order valence-electron chi connectivity index (χ4n) is 2.66. The van der Waals surface area contributed by atoms with Crippen molar-refractivity contribution in [1.82, 2.24) is 0 Å². The Hall–Kier alpha value is -1.13. The van der Waals surface area contributed by atoms with E-state index in [4.69, 9.17) is 30.1 Å². The van der Waals surface area contributed by atoms with Crippen LogP contribution in [0.1, 0.15) is 71.1 Å². The molecule has 0 rings (SSSR count). The van der Waals surface area contributed by atoms with Crippen molar-refractivity contribution in [3.05, 3.63) is 0 Å². The molecule has 0 saturated carbocycles. The van der Waals surface area contributed by atoms with Gasteiger partial charge in [0, 0.05) is 6.42 Å². The number of terminal acetylenes is 1. The van der Waals surface area contributed by atoms with Gasteiger partial charge in [0.15, 0.2) is 0 Å². The first-order valence-corrected chi connectivity index (χ1v) is 11.2. The summed E-state index contributed by atoms with van der Waals surface area (Å²) in [5.41, 5.74) is 0. The van der Waals surface area contributed by atoms with Crippen LogP contribution in [0.5, 0.6) is 0 Å². The highest BCUT2D eigenvalue weighted by Crippen LogP contribution is 2.10. The molecule has 170 valence electrons. The Kier molecular flexibility index (Phi) is 23.9. The SMILES string of the molecule is C#CCOCCOCCOCCOCCOC(=O)CCCCCCCCCCC. The average molecular weight is 415 g/mol. The first-order chi connectivity index (χ1) is 14.3. The van der Waals surface area contributed by atoms with Crippen LogP contribution in [-0.4, -0.2) is 65.4 Å². The maximum Gasteiger partial charge on any atom is 0.305 e. The first-order valence-electron chi connectivity index (χ1n) is 11.2. The minimum Gasteiger partial charge on any atom is -0.463 e. The molecule has 6 nitrogen and oxygen atoms in total. The molecule has 0 radical (unpaired) electrons. The smallest absolute Gasteiger partial charge is 0.305 e. The highest BCUT2D eigenvalue weighted by atomic mass is 16.6. The second-order valence-corrected chi connectivity index (χ2v) is 6.89. The second-order valence-electron chi connectivity index (χ2n) is 6.89. The van der Waals surface area contributed by atoms with Crippen LogP contribution < -0.4 is 0 Å². The van der Waals surface area contributed by atoms with E-state index in [1.807, 2.05) is 0 Å². The van der Waals surface area contributed by atoms with Crippen LogP contribution >= 0.6 is 0 Å². The molecule has 6 heteroatoms. The van der Waals surface area contributed by atoms with Gasteiger partial charge in [-0.3, -0.25) is 4.79 Å². The molecule has 0 aromatic heterocycles. The number of unbranched alkanes of at least 4 members (excludes halogenated alkanes) is 8. The van der Waals surface area contributed by atoms with E-state index in [0.29, 0.717) is 65.9 Å². The van der Waals surface area contributed by atoms with Crippen LogP contribution in [0.2, 0.25) is 0 Å². The van der Waals surface area contributed by atoms with Gasteiger partial charge in [0.1, 0.15) is 13.2 Å². The van der Waals surface area contributed by atoms with E-state index >= 15 is 0 Å². The van der Waals surface area contributed by atoms with E-state index < -0.39 is 0 Å². The molecule has 0 bridgehead atoms. The minimum atomic E-state index is -0.129. The standard InChI is InChI=1S/C23H42O6/c1-3-5-6-7-8-9-10-11-12-13-23(24)29-22-21-28-20-19-27-18-17-26-16-15-25-14-4-2/h2H,3,5-22H2,1H3. The molecule has 29 heavy (non-hydrogen) atoms. The Labute approximate surface area is 177 Å². The van der Waals surface area contributed by atoms with Gasteiger partial charge in [-0.15, -0.1) is 6.42 Å². The van der Waals surface area contributed by atoms with Gasteiger partial charge in [-0.05, 0) is 6.42 Å². The number of ether oxygens (including phenoxy) is 5. The van der Waals surface area contributed by atoms with Crippen molar-refractivity contribution in [3.63, 3.8) is 0 Å². The Morgan fingerprint density at radius 3 is 1.62 bits per heavy atom. The lowest BCUT2D eigenvalue weighted by atomic mass is 10.1. The molecule has 0 aliphatic rings. The van der Waals surface area contributed by atoms with Gasteiger partial charge in [-0.1, -0.05) is 64.2 Å². The number of esters is 1. The molecule has 0 N–H and O–H groups in total. The second kappa shape index (κ2) is 24.9. The topological polar surface area (TPSA) is 63.2 Å². The molecule has 0 heterocycles. The third-order valence-corrected chi connectivity index (χ3v) is 4.28. The van der Waals surface area contributed by atoms with Crippen LogP contribution in [0, 0.1) is 12.3 Å². The summed E-state index contributed by atoms with van der Waals surface area (Å²) in [6.45, 7) is 6.23. The summed E-state index contributed by atoms with van der Waals surface area (Å²) >= 11 is 0. The minimum absolute atomic E-state index is 0.129. The Bertz CT molecular complexity index is 380. The van der Waals surface area contributed by atoms with Gasteiger partial charge in [0.2, 0.25) is 0 Å². The summed E-state index contributed by atoms with van der Waals surface area (Å²) in [7, 11) is 0. The lowest BCUT2D eigenvalue weighted by Crippen LogP contribution is -2.14. The molecule has 0 aliphatic heterocycles. The van der Waals surface area contributed by atoms with Crippen molar-refractivity contribution in [1.29, 1.82) is 0 Å². The van der Waals surface area contributed by atoms with Gasteiger partial charge in [0.25, 0.3) is 0 Å². The van der Waals surface area contributed by atoms with Crippen molar-refractivity contribution in [3.8, 4) is 12.3 Å². The Morgan fingerprint density at radius 1 is 0.655 bits per heavy atom. The lowest BCUT2D eigenvalue weighted by molar-refractivity contribution is -0.145. The quantitative estimate of drug-likeness (QED) is 0.142. The van der Waals surface area contributed by atoms with Crippen molar-refractivity contribution in [2.75, 3.05) is 59.5 Å². The highest BCUT2D eigenvalue weighted by Gasteiger charge is 2.02.